The largest absolute Gasteiger partial charge is 0.454 e. The Morgan fingerprint density at radius 1 is 0.326 bits per heavy atom. The van der Waals surface area contributed by atoms with Gasteiger partial charge in [-0.05, 0) is 83.6 Å². The van der Waals surface area contributed by atoms with E-state index in [1.54, 1.807) is 0 Å². The molecule has 0 saturated heterocycles. The summed E-state index contributed by atoms with van der Waals surface area (Å²) in [6.45, 7) is 11.6. The van der Waals surface area contributed by atoms with Crippen molar-refractivity contribution in [2.45, 2.75) is 91.9 Å². The molecule has 0 aliphatic carbocycles. The molecule has 0 atom stereocenters. The van der Waals surface area contributed by atoms with E-state index in [2.05, 4.69) is 203 Å². The summed E-state index contributed by atoms with van der Waals surface area (Å²) >= 11 is 0. The van der Waals surface area contributed by atoms with Crippen molar-refractivity contribution in [3.8, 4) is 91.3 Å². The SMILES string of the molecule is CCCCn1c(-c2ccccc2)nc(-c2ccccc2)c1CN(Cc1ccc2c(c1)OCO2)Cc1ccc2c(c1)OCO2.CCCCn1c(-c2ccccc2)nc(-c2ccccc2)c1CN(Cc1ccc2c(c1)OCO2)Cc1ccc2c(c1)OCO2. The third-order valence-corrected chi connectivity index (χ3v) is 15.9. The number of imidazole rings is 2. The van der Waals surface area contributed by atoms with E-state index in [9.17, 15) is 0 Å². The first-order chi connectivity index (χ1) is 42.5. The molecule has 6 heterocycles. The molecule has 0 unspecified atom stereocenters. The van der Waals surface area contributed by atoms with E-state index >= 15 is 0 Å². The van der Waals surface area contributed by atoms with Crippen molar-refractivity contribution in [1.29, 1.82) is 0 Å². The minimum Gasteiger partial charge on any atom is -0.454 e. The van der Waals surface area contributed by atoms with Gasteiger partial charge in [-0.1, -0.05) is 172 Å². The molecule has 14 heteroatoms. The van der Waals surface area contributed by atoms with Crippen LogP contribution in [0.15, 0.2) is 194 Å². The Labute approximate surface area is 502 Å². The lowest BCUT2D eigenvalue weighted by atomic mass is 10.1. The number of unbranched alkanes of at least 4 members (excludes halogenated alkanes) is 2. The fraction of sp³-hybridized carbons (Fsp3) is 0.250. The molecule has 0 N–H and O–H groups in total. The summed E-state index contributed by atoms with van der Waals surface area (Å²) < 4.78 is 50.1. The molecule has 14 nitrogen and oxygen atoms in total. The predicted molar refractivity (Wildman–Crippen MR) is 332 cm³/mol. The van der Waals surface area contributed by atoms with Gasteiger partial charge >= 0.3 is 0 Å². The highest BCUT2D eigenvalue weighted by molar-refractivity contribution is 5.70. The number of hydrogen-bond donors (Lipinski definition) is 0. The number of aromatic nitrogens is 4. The van der Waals surface area contributed by atoms with Crippen molar-refractivity contribution >= 4 is 0 Å². The zero-order valence-corrected chi connectivity index (χ0v) is 48.7. The van der Waals surface area contributed by atoms with Crippen LogP contribution < -0.4 is 37.9 Å². The number of hydrogen-bond acceptors (Lipinski definition) is 12. The standard InChI is InChI=1S/2C36H35N3O4/c2*1-2-3-18-39-30(35(28-10-6-4-7-11-28)37-36(39)29-12-8-5-9-13-29)23-38(21-26-14-16-31-33(19-26)42-24-40-31)22-27-15-17-32-34(20-27)43-25-41-32/h2*4-17,19-20H,2-3,18,21-25H2,1H3. The predicted octanol–water partition coefficient (Wildman–Crippen LogP) is 15.4. The molecule has 0 fully saturated rings. The first-order valence-electron chi connectivity index (χ1n) is 29.9. The van der Waals surface area contributed by atoms with E-state index in [-0.39, 0.29) is 27.2 Å². The maximum atomic E-state index is 5.72. The molecule has 8 aromatic carbocycles. The van der Waals surface area contributed by atoms with E-state index < -0.39 is 0 Å². The van der Waals surface area contributed by atoms with Crippen LogP contribution in [0, 0.1) is 0 Å². The lowest BCUT2D eigenvalue weighted by Gasteiger charge is -2.25. The second-order valence-electron chi connectivity index (χ2n) is 22.0. The van der Waals surface area contributed by atoms with Gasteiger partial charge in [0.25, 0.3) is 0 Å². The topological polar surface area (TPSA) is 116 Å². The summed E-state index contributed by atoms with van der Waals surface area (Å²) in [4.78, 5) is 15.6. The molecule has 0 bridgehead atoms. The Hall–Kier alpha value is -9.50. The Bertz CT molecular complexity index is 3540. The normalized spacial score (nSPS) is 13.2. The maximum absolute atomic E-state index is 5.72. The average molecular weight is 1150 g/mol. The van der Waals surface area contributed by atoms with Crippen LogP contribution in [-0.2, 0) is 52.4 Å². The summed E-state index contributed by atoms with van der Waals surface area (Å²) in [5.74, 6) is 8.38. The molecule has 10 aromatic rings. The molecule has 2 aromatic heterocycles. The van der Waals surface area contributed by atoms with Gasteiger partial charge < -0.3 is 47.0 Å². The molecule has 4 aliphatic rings. The molecule has 0 spiro atoms. The van der Waals surface area contributed by atoms with Crippen molar-refractivity contribution < 1.29 is 37.9 Å². The van der Waals surface area contributed by atoms with Crippen LogP contribution >= 0.6 is 0 Å². The average Bonchev–Trinajstić information content (AvgIpc) is 3.12. The summed E-state index contributed by atoms with van der Waals surface area (Å²) in [7, 11) is 0. The Kier molecular flexibility index (Phi) is 17.0. The first-order valence-corrected chi connectivity index (χ1v) is 29.9. The van der Waals surface area contributed by atoms with Crippen LogP contribution in [0.25, 0.3) is 45.3 Å². The van der Waals surface area contributed by atoms with Crippen molar-refractivity contribution in [2.75, 3.05) is 27.2 Å². The van der Waals surface area contributed by atoms with Gasteiger partial charge in [-0.25, -0.2) is 9.97 Å². The number of nitrogens with zero attached hydrogens (tertiary/aromatic N) is 6. The van der Waals surface area contributed by atoms with Crippen LogP contribution in [0.1, 0.15) is 73.2 Å². The van der Waals surface area contributed by atoms with Crippen LogP contribution in [0.5, 0.6) is 46.0 Å². The highest BCUT2D eigenvalue weighted by Crippen LogP contribution is 2.40. The molecule has 0 radical (unpaired) electrons. The maximum Gasteiger partial charge on any atom is 0.231 e. The highest BCUT2D eigenvalue weighted by Gasteiger charge is 2.27. The van der Waals surface area contributed by atoms with Crippen LogP contribution in [0.3, 0.4) is 0 Å². The van der Waals surface area contributed by atoms with Gasteiger partial charge in [-0.15, -0.1) is 0 Å². The molecule has 0 amide bonds. The molecule has 4 aliphatic heterocycles. The van der Waals surface area contributed by atoms with E-state index in [0.29, 0.717) is 13.1 Å². The third kappa shape index (κ3) is 12.6. The van der Waals surface area contributed by atoms with E-state index in [1.165, 1.54) is 11.4 Å². The number of fused-ring (bicyclic) bond motifs is 4. The van der Waals surface area contributed by atoms with E-state index in [1.807, 2.05) is 24.3 Å². The summed E-state index contributed by atoms with van der Waals surface area (Å²) in [5.41, 5.74) is 13.6. The molecule has 86 heavy (non-hydrogen) atoms. The first kappa shape index (κ1) is 55.7. The number of rotatable bonds is 22. The van der Waals surface area contributed by atoms with Gasteiger partial charge in [-0.2, -0.15) is 0 Å². The van der Waals surface area contributed by atoms with Gasteiger partial charge in [0.05, 0.1) is 22.8 Å². The summed E-state index contributed by atoms with van der Waals surface area (Å²) in [6.07, 6.45) is 4.35. The third-order valence-electron chi connectivity index (χ3n) is 15.9. The minimum atomic E-state index is 0.263. The van der Waals surface area contributed by atoms with E-state index in [4.69, 9.17) is 47.9 Å². The second kappa shape index (κ2) is 26.2. The van der Waals surface area contributed by atoms with Gasteiger partial charge in [0.1, 0.15) is 11.6 Å². The minimum absolute atomic E-state index is 0.263. The summed E-state index contributed by atoms with van der Waals surface area (Å²) in [6, 6.07) is 67.1. The molecular weight excluding hydrogens is 1080 g/mol. The lowest BCUT2D eigenvalue weighted by molar-refractivity contribution is 0.173. The fourth-order valence-electron chi connectivity index (χ4n) is 11.6. The molecule has 436 valence electrons. The fourth-order valence-corrected chi connectivity index (χ4v) is 11.6. The van der Waals surface area contributed by atoms with Crippen molar-refractivity contribution in [1.82, 2.24) is 28.9 Å². The second-order valence-corrected chi connectivity index (χ2v) is 22.0. The van der Waals surface area contributed by atoms with Gasteiger partial charge in [0.15, 0.2) is 46.0 Å². The van der Waals surface area contributed by atoms with Gasteiger partial charge in [-0.3, -0.25) is 9.80 Å². The Morgan fingerprint density at radius 3 is 0.895 bits per heavy atom. The Balaban J connectivity index is 0.000000160. The number of benzene rings is 8. The quantitative estimate of drug-likeness (QED) is 0.0643. The van der Waals surface area contributed by atoms with Crippen molar-refractivity contribution in [3.05, 3.63) is 228 Å². The summed E-state index contributed by atoms with van der Waals surface area (Å²) in [5, 5.41) is 0. The zero-order valence-electron chi connectivity index (χ0n) is 48.7. The smallest absolute Gasteiger partial charge is 0.231 e. The van der Waals surface area contributed by atoms with Gasteiger partial charge in [0, 0.05) is 74.6 Å². The zero-order chi connectivity index (χ0) is 58.0. The van der Waals surface area contributed by atoms with Crippen LogP contribution in [0.2, 0.25) is 0 Å². The monoisotopic (exact) mass is 1150 g/mol. The van der Waals surface area contributed by atoms with Gasteiger partial charge in [0.2, 0.25) is 27.2 Å². The lowest BCUT2D eigenvalue weighted by Crippen LogP contribution is -2.24. The van der Waals surface area contributed by atoms with E-state index in [0.717, 1.165) is 178 Å². The molecule has 14 rings (SSSR count). The van der Waals surface area contributed by atoms with Crippen LogP contribution in [-0.4, -0.2) is 56.1 Å². The van der Waals surface area contributed by atoms with Crippen molar-refractivity contribution in [2.24, 2.45) is 0 Å². The molecule has 0 saturated carbocycles. The van der Waals surface area contributed by atoms with Crippen LogP contribution in [0.4, 0.5) is 0 Å². The number of ether oxygens (including phenoxy) is 8. The molecular formula is C72H70N6O8. The highest BCUT2D eigenvalue weighted by atomic mass is 16.7. The Morgan fingerprint density at radius 2 is 0.605 bits per heavy atom. The van der Waals surface area contributed by atoms with Crippen molar-refractivity contribution in [3.63, 3.8) is 0 Å².